The quantitative estimate of drug-likeness (QED) is 0.835. The van der Waals surface area contributed by atoms with Crippen molar-refractivity contribution in [3.63, 3.8) is 0 Å². The van der Waals surface area contributed by atoms with Gasteiger partial charge in [0, 0.05) is 6.54 Å². The Hall–Kier alpha value is -0.860. The van der Waals surface area contributed by atoms with Crippen LogP contribution in [0.4, 0.5) is 0 Å². The molecule has 0 radical (unpaired) electrons. The maximum Gasteiger partial charge on any atom is 0.0922 e. The summed E-state index contributed by atoms with van der Waals surface area (Å²) in [6.45, 7) is 13.4. The fraction of sp³-hybridized carbons (Fsp3) is 0.625. The highest BCUT2D eigenvalue weighted by molar-refractivity contribution is 5.39. The second-order valence-corrected chi connectivity index (χ2v) is 5.22. The lowest BCUT2D eigenvalue weighted by atomic mass is 9.95. The van der Waals surface area contributed by atoms with Gasteiger partial charge in [-0.05, 0) is 57.0 Å². The van der Waals surface area contributed by atoms with Crippen molar-refractivity contribution < 1.29 is 5.11 Å². The Morgan fingerprint density at radius 2 is 1.67 bits per heavy atom. The first kappa shape index (κ1) is 15.2. The first-order valence-electron chi connectivity index (χ1n) is 6.97. The average molecular weight is 249 g/mol. The Balaban J connectivity index is 2.86. The molecule has 0 saturated heterocycles. The highest BCUT2D eigenvalue weighted by atomic mass is 16.3. The van der Waals surface area contributed by atoms with Gasteiger partial charge in [-0.3, -0.25) is 0 Å². The van der Waals surface area contributed by atoms with Crippen LogP contribution in [0.15, 0.2) is 12.1 Å². The molecule has 2 heteroatoms. The highest BCUT2D eigenvalue weighted by Gasteiger charge is 2.16. The molecular weight excluding hydrogens is 222 g/mol. The van der Waals surface area contributed by atoms with Crippen molar-refractivity contribution in [1.29, 1.82) is 0 Å². The van der Waals surface area contributed by atoms with Gasteiger partial charge in [0.2, 0.25) is 0 Å². The van der Waals surface area contributed by atoms with Gasteiger partial charge in [0.05, 0.1) is 6.10 Å². The lowest BCUT2D eigenvalue weighted by Gasteiger charge is -2.25. The zero-order chi connectivity index (χ0) is 13.7. The molecule has 0 bridgehead atoms. The van der Waals surface area contributed by atoms with Crippen molar-refractivity contribution in [3.05, 3.63) is 34.4 Å². The average Bonchev–Trinajstić information content (AvgIpc) is 2.26. The van der Waals surface area contributed by atoms with E-state index in [9.17, 15) is 5.11 Å². The molecule has 1 N–H and O–H groups in total. The van der Waals surface area contributed by atoms with Gasteiger partial charge in [0.1, 0.15) is 0 Å². The molecule has 0 aliphatic carbocycles. The molecule has 1 aromatic rings. The summed E-state index contributed by atoms with van der Waals surface area (Å²) >= 11 is 0. The molecule has 0 aliphatic rings. The van der Waals surface area contributed by atoms with Crippen molar-refractivity contribution in [3.8, 4) is 0 Å². The highest BCUT2D eigenvalue weighted by Crippen LogP contribution is 2.24. The van der Waals surface area contributed by atoms with Crippen LogP contribution in [0.25, 0.3) is 0 Å². The minimum atomic E-state index is -0.378. The molecule has 0 spiro atoms. The summed E-state index contributed by atoms with van der Waals surface area (Å²) in [5.41, 5.74) is 4.78. The second-order valence-electron chi connectivity index (χ2n) is 5.22. The van der Waals surface area contributed by atoms with Crippen LogP contribution >= 0.6 is 0 Å². The third-order valence-corrected chi connectivity index (χ3v) is 3.49. The Morgan fingerprint density at radius 3 is 2.11 bits per heavy atom. The summed E-state index contributed by atoms with van der Waals surface area (Å²) in [4.78, 5) is 2.31. The molecule has 0 fully saturated rings. The summed E-state index contributed by atoms with van der Waals surface area (Å²) in [6, 6.07) is 4.31. The van der Waals surface area contributed by atoms with Crippen molar-refractivity contribution >= 4 is 0 Å². The SMILES string of the molecule is CCCN(CC)CC(O)c1c(C)cc(C)cc1C. The molecule has 102 valence electrons. The molecule has 2 nitrogen and oxygen atoms in total. The minimum absolute atomic E-state index is 0.378. The Kier molecular flexibility index (Phi) is 5.83. The number of aryl methyl sites for hydroxylation is 3. The van der Waals surface area contributed by atoms with Crippen LogP contribution in [0.5, 0.6) is 0 Å². The van der Waals surface area contributed by atoms with E-state index in [4.69, 9.17) is 0 Å². The van der Waals surface area contributed by atoms with Crippen LogP contribution in [0.2, 0.25) is 0 Å². The Labute approximate surface area is 112 Å². The summed E-state index contributed by atoms with van der Waals surface area (Å²) < 4.78 is 0. The number of aliphatic hydroxyl groups excluding tert-OH is 1. The summed E-state index contributed by atoms with van der Waals surface area (Å²) in [5.74, 6) is 0. The molecule has 1 aromatic carbocycles. The first-order chi connectivity index (χ1) is 8.49. The van der Waals surface area contributed by atoms with E-state index in [0.717, 1.165) is 31.6 Å². The van der Waals surface area contributed by atoms with Gasteiger partial charge in [0.15, 0.2) is 0 Å². The lowest BCUT2D eigenvalue weighted by Crippen LogP contribution is -2.29. The molecule has 0 amide bonds. The van der Waals surface area contributed by atoms with Gasteiger partial charge in [-0.2, -0.15) is 0 Å². The molecule has 0 saturated carbocycles. The van der Waals surface area contributed by atoms with Crippen LogP contribution in [0.1, 0.15) is 48.6 Å². The fourth-order valence-electron chi connectivity index (χ4n) is 2.75. The largest absolute Gasteiger partial charge is 0.387 e. The maximum atomic E-state index is 10.5. The molecular formula is C16H27NO. The molecule has 1 unspecified atom stereocenters. The van der Waals surface area contributed by atoms with Gasteiger partial charge >= 0.3 is 0 Å². The third kappa shape index (κ3) is 3.82. The maximum absolute atomic E-state index is 10.5. The number of hydrogen-bond acceptors (Lipinski definition) is 2. The standard InChI is InChI=1S/C16H27NO/c1-6-8-17(7-2)11-15(18)16-13(4)9-12(3)10-14(16)5/h9-10,15,18H,6-8,11H2,1-5H3. The van der Waals surface area contributed by atoms with E-state index in [-0.39, 0.29) is 6.10 Å². The van der Waals surface area contributed by atoms with Gasteiger partial charge in [-0.15, -0.1) is 0 Å². The van der Waals surface area contributed by atoms with Crippen molar-refractivity contribution in [2.24, 2.45) is 0 Å². The summed E-state index contributed by atoms with van der Waals surface area (Å²) in [7, 11) is 0. The van der Waals surface area contributed by atoms with E-state index in [1.165, 1.54) is 16.7 Å². The van der Waals surface area contributed by atoms with Gasteiger partial charge in [-0.25, -0.2) is 0 Å². The smallest absolute Gasteiger partial charge is 0.0922 e. The zero-order valence-electron chi connectivity index (χ0n) is 12.5. The Bertz CT molecular complexity index is 364. The number of likely N-dealkylation sites (N-methyl/N-ethyl adjacent to an activating group) is 1. The normalized spacial score (nSPS) is 13.1. The van der Waals surface area contributed by atoms with E-state index in [0.29, 0.717) is 0 Å². The fourth-order valence-corrected chi connectivity index (χ4v) is 2.75. The predicted octanol–water partition coefficient (Wildman–Crippen LogP) is 3.38. The molecule has 18 heavy (non-hydrogen) atoms. The molecule has 0 heterocycles. The van der Waals surface area contributed by atoms with Gasteiger partial charge in [-0.1, -0.05) is 31.5 Å². The number of benzene rings is 1. The van der Waals surface area contributed by atoms with Crippen LogP contribution in [0, 0.1) is 20.8 Å². The van der Waals surface area contributed by atoms with Crippen LogP contribution < -0.4 is 0 Å². The van der Waals surface area contributed by atoms with Crippen LogP contribution in [-0.4, -0.2) is 29.6 Å². The molecule has 1 atom stereocenters. The zero-order valence-corrected chi connectivity index (χ0v) is 12.5. The van der Waals surface area contributed by atoms with Gasteiger partial charge in [0.25, 0.3) is 0 Å². The third-order valence-electron chi connectivity index (χ3n) is 3.49. The number of hydrogen-bond donors (Lipinski definition) is 1. The molecule has 0 aliphatic heterocycles. The van der Waals surface area contributed by atoms with E-state index in [1.807, 2.05) is 0 Å². The molecule has 0 aromatic heterocycles. The Morgan fingerprint density at radius 1 is 1.11 bits per heavy atom. The number of rotatable bonds is 6. The second kappa shape index (κ2) is 6.91. The molecule has 1 rings (SSSR count). The van der Waals surface area contributed by atoms with E-state index in [2.05, 4.69) is 51.7 Å². The van der Waals surface area contributed by atoms with Crippen LogP contribution in [-0.2, 0) is 0 Å². The minimum Gasteiger partial charge on any atom is -0.387 e. The number of nitrogens with zero attached hydrogens (tertiary/aromatic N) is 1. The monoisotopic (exact) mass is 249 g/mol. The van der Waals surface area contributed by atoms with Crippen molar-refractivity contribution in [2.45, 2.75) is 47.1 Å². The summed E-state index contributed by atoms with van der Waals surface area (Å²) in [5, 5.41) is 10.5. The van der Waals surface area contributed by atoms with Gasteiger partial charge < -0.3 is 10.0 Å². The topological polar surface area (TPSA) is 23.5 Å². The van der Waals surface area contributed by atoms with Crippen LogP contribution in [0.3, 0.4) is 0 Å². The summed E-state index contributed by atoms with van der Waals surface area (Å²) in [6.07, 6.45) is 0.754. The first-order valence-corrected chi connectivity index (χ1v) is 6.97. The number of aliphatic hydroxyl groups is 1. The van der Waals surface area contributed by atoms with E-state index in [1.54, 1.807) is 0 Å². The van der Waals surface area contributed by atoms with E-state index >= 15 is 0 Å². The lowest BCUT2D eigenvalue weighted by molar-refractivity contribution is 0.115. The van der Waals surface area contributed by atoms with Crippen molar-refractivity contribution in [1.82, 2.24) is 4.90 Å². The van der Waals surface area contributed by atoms with E-state index < -0.39 is 0 Å². The predicted molar refractivity (Wildman–Crippen MR) is 78.0 cm³/mol. The van der Waals surface area contributed by atoms with Crippen molar-refractivity contribution in [2.75, 3.05) is 19.6 Å².